The van der Waals surface area contributed by atoms with Gasteiger partial charge in [0.05, 0.1) is 0 Å². The molecule has 0 heterocycles. The number of nitrogens with one attached hydrogen (secondary N) is 1. The molecule has 21 heavy (non-hydrogen) atoms. The molecule has 0 aliphatic carbocycles. The Labute approximate surface area is 156 Å². The maximum absolute atomic E-state index is 6.05. The molecule has 0 bridgehead atoms. The predicted molar refractivity (Wildman–Crippen MR) is 88.2 cm³/mol. The van der Waals surface area contributed by atoms with Gasteiger partial charge in [-0.3, -0.25) is 0 Å². The van der Waals surface area contributed by atoms with Gasteiger partial charge in [0.15, 0.2) is 0 Å². The van der Waals surface area contributed by atoms with Gasteiger partial charge in [0.25, 0.3) is 0 Å². The molecule has 1 radical (unpaired) electrons. The quantitative estimate of drug-likeness (QED) is 0.806. The molecular formula is C18H29NOY-2. The minimum atomic E-state index is -0.0432. The molecule has 1 rings (SSSR count). The van der Waals surface area contributed by atoms with Crippen molar-refractivity contribution in [3.63, 3.8) is 0 Å². The van der Waals surface area contributed by atoms with E-state index in [1.807, 2.05) is 32.2 Å². The molecule has 1 aromatic carbocycles. The number of ether oxygens (including phenoxy) is 1. The summed E-state index contributed by atoms with van der Waals surface area (Å²) in [5.74, 6) is 0.981. The maximum Gasteiger partial charge on any atom is 0.110 e. The fourth-order valence-electron chi connectivity index (χ4n) is 1.45. The summed E-state index contributed by atoms with van der Waals surface area (Å²) in [6.45, 7) is 15.8. The SMILES string of the molecule is CNC(C)(C)C(C)Oc1c(C)c[c-]cc1C.[CH2-]/C=C/C.[Y]. The average molecular weight is 364 g/mol. The first kappa shape index (κ1) is 23.0. The third-order valence-electron chi connectivity index (χ3n) is 3.51. The summed E-state index contributed by atoms with van der Waals surface area (Å²) in [7, 11) is 1.96. The van der Waals surface area contributed by atoms with Gasteiger partial charge in [-0.05, 0) is 27.8 Å². The smallest absolute Gasteiger partial charge is 0.110 e. The van der Waals surface area contributed by atoms with Gasteiger partial charge in [0.1, 0.15) is 6.10 Å². The molecule has 0 spiro atoms. The first-order valence-corrected chi connectivity index (χ1v) is 7.03. The third-order valence-corrected chi connectivity index (χ3v) is 3.51. The van der Waals surface area contributed by atoms with Crippen molar-refractivity contribution in [1.82, 2.24) is 5.32 Å². The molecule has 2 nitrogen and oxygen atoms in total. The second kappa shape index (κ2) is 11.3. The van der Waals surface area contributed by atoms with Crippen molar-refractivity contribution in [3.05, 3.63) is 48.4 Å². The van der Waals surface area contributed by atoms with Gasteiger partial charge >= 0.3 is 0 Å². The Morgan fingerprint density at radius 2 is 1.71 bits per heavy atom. The van der Waals surface area contributed by atoms with Gasteiger partial charge in [0.2, 0.25) is 0 Å². The van der Waals surface area contributed by atoms with Gasteiger partial charge in [-0.15, -0.1) is 18.1 Å². The molecule has 3 heteroatoms. The van der Waals surface area contributed by atoms with E-state index >= 15 is 0 Å². The summed E-state index contributed by atoms with van der Waals surface area (Å²) < 4.78 is 6.05. The Balaban J connectivity index is 0. The van der Waals surface area contributed by atoms with Crippen molar-refractivity contribution in [3.8, 4) is 5.75 Å². The van der Waals surface area contributed by atoms with Crippen molar-refractivity contribution in [2.24, 2.45) is 0 Å². The number of hydrogen-bond acceptors (Lipinski definition) is 2. The third kappa shape index (κ3) is 8.04. The minimum Gasteiger partial charge on any atom is -0.514 e. The Bertz CT molecular complexity index is 403. The first-order valence-electron chi connectivity index (χ1n) is 7.03. The number of benzene rings is 1. The van der Waals surface area contributed by atoms with Crippen LogP contribution in [0, 0.1) is 26.8 Å². The van der Waals surface area contributed by atoms with Crippen LogP contribution >= 0.6 is 0 Å². The zero-order chi connectivity index (χ0) is 15.8. The monoisotopic (exact) mass is 364 g/mol. The van der Waals surface area contributed by atoms with Gasteiger partial charge in [0, 0.05) is 44.0 Å². The van der Waals surface area contributed by atoms with Crippen molar-refractivity contribution >= 4 is 0 Å². The van der Waals surface area contributed by atoms with Crippen LogP contribution in [0.2, 0.25) is 0 Å². The molecule has 0 amide bonds. The average Bonchev–Trinajstić information content (AvgIpc) is 2.43. The molecule has 0 saturated heterocycles. The van der Waals surface area contributed by atoms with Gasteiger partial charge in [-0.1, -0.05) is 13.8 Å². The Morgan fingerprint density at radius 1 is 1.29 bits per heavy atom. The summed E-state index contributed by atoms with van der Waals surface area (Å²) >= 11 is 0. The molecule has 0 aromatic heterocycles. The van der Waals surface area contributed by atoms with Crippen LogP contribution in [0.25, 0.3) is 0 Å². The Morgan fingerprint density at radius 3 is 2.05 bits per heavy atom. The zero-order valence-corrected chi connectivity index (χ0v) is 17.4. The van der Waals surface area contributed by atoms with Crippen LogP contribution in [-0.4, -0.2) is 18.7 Å². The normalized spacial score (nSPS) is 12.1. The second-order valence-electron chi connectivity index (χ2n) is 5.45. The van der Waals surface area contributed by atoms with Crippen molar-refractivity contribution in [2.75, 3.05) is 7.05 Å². The van der Waals surface area contributed by atoms with Crippen LogP contribution < -0.4 is 10.1 Å². The predicted octanol–water partition coefficient (Wildman–Crippen LogP) is 4.26. The molecule has 117 valence electrons. The first-order chi connectivity index (χ1) is 9.30. The van der Waals surface area contributed by atoms with E-state index in [-0.39, 0.29) is 44.4 Å². The van der Waals surface area contributed by atoms with E-state index in [1.54, 1.807) is 6.08 Å². The number of hydrogen-bond donors (Lipinski definition) is 1. The Kier molecular flexibility index (Phi) is 12.3. The van der Waals surface area contributed by atoms with E-state index in [2.05, 4.69) is 52.9 Å². The zero-order valence-electron chi connectivity index (χ0n) is 14.6. The summed E-state index contributed by atoms with van der Waals surface area (Å²) in [6, 6.07) is 7.02. The molecule has 1 aromatic rings. The van der Waals surface area contributed by atoms with E-state index in [0.29, 0.717) is 0 Å². The number of rotatable bonds is 4. The second-order valence-corrected chi connectivity index (χ2v) is 5.45. The number of allylic oxidation sites excluding steroid dienone is 2. The van der Waals surface area contributed by atoms with E-state index < -0.39 is 0 Å². The maximum atomic E-state index is 6.05. The number of aryl methyl sites for hydroxylation is 2. The van der Waals surface area contributed by atoms with Crippen LogP contribution in [0.15, 0.2) is 24.3 Å². The molecular weight excluding hydrogens is 335 g/mol. The molecule has 1 atom stereocenters. The van der Waals surface area contributed by atoms with Crippen molar-refractivity contribution < 1.29 is 37.4 Å². The standard InChI is InChI=1S/C14H22NO.C4H7.Y/c1-10-8-7-9-11(2)13(10)16-12(3)14(4,5)15-6;1-3-4-2;/h8-9,12,15H,1-6H3;3-4H,1H2,2H3;/q2*-1;/b;4-3+;. The molecule has 1 unspecified atom stereocenters. The van der Waals surface area contributed by atoms with Gasteiger partial charge in [-0.2, -0.15) is 18.2 Å². The van der Waals surface area contributed by atoms with Crippen molar-refractivity contribution in [2.45, 2.75) is 53.2 Å². The summed E-state index contributed by atoms with van der Waals surface area (Å²) in [5.41, 5.74) is 2.23. The molecule has 0 aliphatic rings. The summed E-state index contributed by atoms with van der Waals surface area (Å²) in [4.78, 5) is 0. The minimum absolute atomic E-state index is 0. The summed E-state index contributed by atoms with van der Waals surface area (Å²) in [6.07, 6.45) is 3.75. The van der Waals surface area contributed by atoms with Crippen LogP contribution in [0.5, 0.6) is 5.75 Å². The van der Waals surface area contributed by atoms with Gasteiger partial charge < -0.3 is 10.1 Å². The fourth-order valence-corrected chi connectivity index (χ4v) is 1.45. The molecule has 1 N–H and O–H groups in total. The molecule has 0 fully saturated rings. The molecule has 0 saturated carbocycles. The van der Waals surface area contributed by atoms with Crippen molar-refractivity contribution in [1.29, 1.82) is 0 Å². The van der Waals surface area contributed by atoms with Crippen LogP contribution in [0.4, 0.5) is 0 Å². The van der Waals surface area contributed by atoms with Gasteiger partial charge in [-0.25, -0.2) is 19.1 Å². The van der Waals surface area contributed by atoms with E-state index in [9.17, 15) is 0 Å². The van der Waals surface area contributed by atoms with E-state index in [4.69, 9.17) is 4.74 Å². The van der Waals surface area contributed by atoms with Crippen LogP contribution in [-0.2, 0) is 32.7 Å². The largest absolute Gasteiger partial charge is 0.514 e. The fraction of sp³-hybridized carbons (Fsp3) is 0.500. The van der Waals surface area contributed by atoms with E-state index in [1.165, 1.54) is 0 Å². The van der Waals surface area contributed by atoms with Crippen LogP contribution in [0.3, 0.4) is 0 Å². The van der Waals surface area contributed by atoms with E-state index in [0.717, 1.165) is 16.9 Å². The Hall–Kier alpha value is -0.306. The molecule has 0 aliphatic heterocycles. The van der Waals surface area contributed by atoms with Crippen LogP contribution in [0.1, 0.15) is 38.8 Å². The summed E-state index contributed by atoms with van der Waals surface area (Å²) in [5, 5.41) is 3.27. The number of likely N-dealkylation sites (N-methyl/N-ethyl adjacent to an activating group) is 1. The topological polar surface area (TPSA) is 21.3 Å².